The van der Waals surface area contributed by atoms with E-state index in [4.69, 9.17) is 5.11 Å². The van der Waals surface area contributed by atoms with Gasteiger partial charge in [-0.25, -0.2) is 9.59 Å². The SMILES string of the molecule is O=C1NC(=O)NC(c2ccc(O)c(O)c2O)N1. The van der Waals surface area contributed by atoms with E-state index in [1.807, 2.05) is 5.32 Å². The second kappa shape index (κ2) is 3.74. The van der Waals surface area contributed by atoms with Crippen molar-refractivity contribution in [3.05, 3.63) is 17.7 Å². The van der Waals surface area contributed by atoms with Gasteiger partial charge in [0.2, 0.25) is 5.75 Å². The Morgan fingerprint density at radius 3 is 2.12 bits per heavy atom. The number of hydrogen-bond donors (Lipinski definition) is 6. The molecule has 17 heavy (non-hydrogen) atoms. The number of carbonyl (C=O) groups excluding carboxylic acids is 2. The molecule has 0 unspecified atom stereocenters. The van der Waals surface area contributed by atoms with Crippen LogP contribution >= 0.6 is 0 Å². The average molecular weight is 239 g/mol. The van der Waals surface area contributed by atoms with Crippen LogP contribution < -0.4 is 16.0 Å². The van der Waals surface area contributed by atoms with Gasteiger partial charge in [-0.05, 0) is 12.1 Å². The van der Waals surface area contributed by atoms with Crippen LogP contribution in [-0.2, 0) is 0 Å². The fourth-order valence-corrected chi connectivity index (χ4v) is 1.45. The smallest absolute Gasteiger partial charge is 0.324 e. The van der Waals surface area contributed by atoms with Crippen molar-refractivity contribution in [1.82, 2.24) is 16.0 Å². The molecule has 8 nitrogen and oxygen atoms in total. The molecule has 0 aromatic heterocycles. The molecule has 1 fully saturated rings. The molecule has 1 aliphatic rings. The molecule has 1 saturated heterocycles. The molecule has 0 bridgehead atoms. The van der Waals surface area contributed by atoms with Gasteiger partial charge in [-0.3, -0.25) is 5.32 Å². The van der Waals surface area contributed by atoms with Gasteiger partial charge in [0.15, 0.2) is 11.5 Å². The Morgan fingerprint density at radius 1 is 0.941 bits per heavy atom. The van der Waals surface area contributed by atoms with E-state index in [1.165, 1.54) is 6.07 Å². The van der Waals surface area contributed by atoms with Crippen LogP contribution in [0, 0.1) is 0 Å². The highest BCUT2D eigenvalue weighted by molar-refractivity contribution is 5.96. The van der Waals surface area contributed by atoms with Crippen LogP contribution in [0.5, 0.6) is 17.2 Å². The van der Waals surface area contributed by atoms with E-state index >= 15 is 0 Å². The van der Waals surface area contributed by atoms with Crippen molar-refractivity contribution in [1.29, 1.82) is 0 Å². The predicted molar refractivity (Wildman–Crippen MR) is 54.4 cm³/mol. The maximum Gasteiger partial charge on any atom is 0.324 e. The number of rotatable bonds is 1. The van der Waals surface area contributed by atoms with E-state index in [9.17, 15) is 19.8 Å². The van der Waals surface area contributed by atoms with Crippen LogP contribution in [-0.4, -0.2) is 27.4 Å². The number of nitrogens with one attached hydrogen (secondary N) is 3. The number of amides is 4. The van der Waals surface area contributed by atoms with E-state index < -0.39 is 35.5 Å². The van der Waals surface area contributed by atoms with E-state index in [0.717, 1.165) is 6.07 Å². The van der Waals surface area contributed by atoms with Crippen LogP contribution in [0.2, 0.25) is 0 Å². The van der Waals surface area contributed by atoms with Crippen molar-refractivity contribution in [2.24, 2.45) is 0 Å². The Labute approximate surface area is 94.9 Å². The minimum Gasteiger partial charge on any atom is -0.504 e. The van der Waals surface area contributed by atoms with E-state index in [2.05, 4.69) is 10.6 Å². The van der Waals surface area contributed by atoms with Crippen molar-refractivity contribution in [2.75, 3.05) is 0 Å². The lowest BCUT2D eigenvalue weighted by Gasteiger charge is -2.25. The Kier molecular flexibility index (Phi) is 2.39. The first-order valence-corrected chi connectivity index (χ1v) is 4.61. The van der Waals surface area contributed by atoms with Gasteiger partial charge in [0.05, 0.1) is 0 Å². The lowest BCUT2D eigenvalue weighted by atomic mass is 10.1. The second-order valence-electron chi connectivity index (χ2n) is 3.38. The van der Waals surface area contributed by atoms with Crippen LogP contribution in [0.3, 0.4) is 0 Å². The van der Waals surface area contributed by atoms with Crippen molar-refractivity contribution >= 4 is 12.1 Å². The molecular weight excluding hydrogens is 230 g/mol. The largest absolute Gasteiger partial charge is 0.504 e. The van der Waals surface area contributed by atoms with Crippen molar-refractivity contribution < 1.29 is 24.9 Å². The summed E-state index contributed by atoms with van der Waals surface area (Å²) >= 11 is 0. The van der Waals surface area contributed by atoms with Crippen LogP contribution in [0.15, 0.2) is 12.1 Å². The maximum atomic E-state index is 11.0. The minimum atomic E-state index is -0.984. The van der Waals surface area contributed by atoms with Gasteiger partial charge < -0.3 is 26.0 Å². The number of phenolic OH excluding ortho intramolecular Hbond substituents is 3. The molecule has 1 aromatic rings. The standard InChI is InChI=1S/C9H9N3O5/c13-4-2-1-3(5(14)6(4)15)7-10-8(16)12-9(17)11-7/h1-2,7,13-15H,(H3,10,11,12,16,17). The monoisotopic (exact) mass is 239 g/mol. The van der Waals surface area contributed by atoms with E-state index in [0.29, 0.717) is 0 Å². The van der Waals surface area contributed by atoms with Crippen LogP contribution in [0.4, 0.5) is 9.59 Å². The molecule has 90 valence electrons. The summed E-state index contributed by atoms with van der Waals surface area (Å²) in [5.74, 6) is -1.83. The summed E-state index contributed by atoms with van der Waals surface area (Å²) in [6.45, 7) is 0. The number of benzene rings is 1. The van der Waals surface area contributed by atoms with E-state index in [-0.39, 0.29) is 5.56 Å². The van der Waals surface area contributed by atoms with Crippen molar-refractivity contribution in [3.63, 3.8) is 0 Å². The third kappa shape index (κ3) is 1.87. The van der Waals surface area contributed by atoms with Gasteiger partial charge in [-0.1, -0.05) is 0 Å². The molecule has 4 amide bonds. The summed E-state index contributed by atoms with van der Waals surface area (Å²) in [6, 6.07) is 0.933. The van der Waals surface area contributed by atoms with Crippen LogP contribution in [0.25, 0.3) is 0 Å². The molecular formula is C9H9N3O5. The zero-order chi connectivity index (χ0) is 12.6. The van der Waals surface area contributed by atoms with Gasteiger partial charge in [0, 0.05) is 5.56 Å². The summed E-state index contributed by atoms with van der Waals surface area (Å²) in [5.41, 5.74) is 0.0588. The maximum absolute atomic E-state index is 11.0. The van der Waals surface area contributed by atoms with Gasteiger partial charge in [-0.2, -0.15) is 0 Å². The Balaban J connectivity index is 2.37. The van der Waals surface area contributed by atoms with Crippen LogP contribution in [0.1, 0.15) is 11.7 Å². The molecule has 0 radical (unpaired) electrons. The normalized spacial score (nSPS) is 16.0. The lowest BCUT2D eigenvalue weighted by molar-refractivity contribution is 0.209. The Bertz CT molecular complexity index is 486. The molecule has 0 spiro atoms. The summed E-state index contributed by atoms with van der Waals surface area (Å²) in [6.07, 6.45) is -0.984. The summed E-state index contributed by atoms with van der Waals surface area (Å²) < 4.78 is 0. The van der Waals surface area contributed by atoms with E-state index in [1.54, 1.807) is 0 Å². The third-order valence-electron chi connectivity index (χ3n) is 2.25. The molecule has 6 N–H and O–H groups in total. The Hall–Kier alpha value is -2.64. The van der Waals surface area contributed by atoms with Gasteiger partial charge in [-0.15, -0.1) is 0 Å². The van der Waals surface area contributed by atoms with Crippen molar-refractivity contribution in [3.8, 4) is 17.2 Å². The highest BCUT2D eigenvalue weighted by Gasteiger charge is 2.27. The zero-order valence-electron chi connectivity index (χ0n) is 8.39. The lowest BCUT2D eigenvalue weighted by Crippen LogP contribution is -2.56. The van der Waals surface area contributed by atoms with Gasteiger partial charge >= 0.3 is 12.1 Å². The average Bonchev–Trinajstić information content (AvgIpc) is 2.24. The van der Waals surface area contributed by atoms with Crippen molar-refractivity contribution in [2.45, 2.75) is 6.17 Å². The first kappa shape index (κ1) is 10.9. The highest BCUT2D eigenvalue weighted by Crippen LogP contribution is 2.39. The topological polar surface area (TPSA) is 131 Å². The van der Waals surface area contributed by atoms with Gasteiger partial charge in [0.25, 0.3) is 0 Å². The zero-order valence-corrected chi connectivity index (χ0v) is 8.39. The number of phenols is 3. The number of hydrogen-bond acceptors (Lipinski definition) is 5. The molecule has 2 rings (SSSR count). The fraction of sp³-hybridized carbons (Fsp3) is 0.111. The molecule has 0 saturated carbocycles. The fourth-order valence-electron chi connectivity index (χ4n) is 1.45. The molecule has 1 aliphatic heterocycles. The highest BCUT2D eigenvalue weighted by atomic mass is 16.3. The first-order valence-electron chi connectivity index (χ1n) is 4.61. The Morgan fingerprint density at radius 2 is 1.53 bits per heavy atom. The number of carbonyl (C=O) groups is 2. The summed E-state index contributed by atoms with van der Waals surface area (Å²) in [7, 11) is 0. The number of aromatic hydroxyl groups is 3. The molecule has 1 aromatic carbocycles. The number of imide groups is 1. The number of urea groups is 2. The summed E-state index contributed by atoms with van der Waals surface area (Å²) in [5, 5.41) is 34.6. The minimum absolute atomic E-state index is 0.0588. The molecule has 1 heterocycles. The quantitative estimate of drug-likeness (QED) is 0.378. The second-order valence-corrected chi connectivity index (χ2v) is 3.38. The first-order chi connectivity index (χ1) is 7.99. The third-order valence-corrected chi connectivity index (χ3v) is 2.25. The van der Waals surface area contributed by atoms with Gasteiger partial charge in [0.1, 0.15) is 6.17 Å². The predicted octanol–water partition coefficient (Wildman–Crippen LogP) is -0.176. The molecule has 8 heteroatoms. The molecule has 0 aliphatic carbocycles. The molecule has 0 atom stereocenters. The summed E-state index contributed by atoms with van der Waals surface area (Å²) in [4.78, 5) is 22.1.